The molecule has 0 fully saturated rings. The number of alkyl carbamates (subject to hydrolysis) is 1. The average Bonchev–Trinajstić information content (AvgIpc) is 2.44. The van der Waals surface area contributed by atoms with Crippen molar-refractivity contribution < 1.29 is 9.53 Å². The van der Waals surface area contributed by atoms with Gasteiger partial charge in [0.1, 0.15) is 11.8 Å². The fourth-order valence-electron chi connectivity index (χ4n) is 1.40. The molecule has 1 heterocycles. The number of aromatic nitrogens is 2. The number of hydrogen-bond acceptors (Lipinski definition) is 4. The lowest BCUT2D eigenvalue weighted by atomic mass is 10.2. The number of nitrogens with zero attached hydrogens (tertiary/aromatic N) is 2. The van der Waals surface area contributed by atoms with Crippen LogP contribution in [0.3, 0.4) is 0 Å². The maximum atomic E-state index is 11.5. The van der Waals surface area contributed by atoms with Gasteiger partial charge in [-0.05, 0) is 5.56 Å². The maximum absolute atomic E-state index is 11.5. The Bertz CT molecular complexity index is 549. The molecule has 0 unspecified atom stereocenters. The summed E-state index contributed by atoms with van der Waals surface area (Å²) in [5.74, 6) is 0. The van der Waals surface area contributed by atoms with Crippen molar-refractivity contribution in [3.63, 3.8) is 0 Å². The van der Waals surface area contributed by atoms with Crippen LogP contribution in [-0.4, -0.2) is 16.1 Å². The molecule has 1 amide bonds. The maximum Gasteiger partial charge on any atom is 0.407 e. The topological polar surface area (TPSA) is 64.1 Å². The van der Waals surface area contributed by atoms with E-state index >= 15 is 0 Å². The lowest BCUT2D eigenvalue weighted by Gasteiger charge is -2.06. The molecular formula is C13H12ClN3O2. The Kier molecular flexibility index (Phi) is 4.69. The first-order chi connectivity index (χ1) is 9.24. The van der Waals surface area contributed by atoms with Crippen LogP contribution < -0.4 is 5.32 Å². The quantitative estimate of drug-likeness (QED) is 0.933. The molecule has 0 aliphatic heterocycles. The Morgan fingerprint density at radius 3 is 2.79 bits per heavy atom. The summed E-state index contributed by atoms with van der Waals surface area (Å²) >= 11 is 5.68. The van der Waals surface area contributed by atoms with E-state index < -0.39 is 6.09 Å². The van der Waals surface area contributed by atoms with E-state index in [0.717, 1.165) is 5.56 Å². The van der Waals surface area contributed by atoms with Gasteiger partial charge in [0.05, 0.1) is 24.6 Å². The molecule has 2 aromatic rings. The smallest absolute Gasteiger partial charge is 0.407 e. The Labute approximate surface area is 115 Å². The number of amides is 1. The summed E-state index contributed by atoms with van der Waals surface area (Å²) < 4.78 is 5.05. The molecular weight excluding hydrogens is 266 g/mol. The second-order valence-electron chi connectivity index (χ2n) is 3.75. The van der Waals surface area contributed by atoms with E-state index in [1.807, 2.05) is 30.3 Å². The number of carbonyl (C=O) groups is 1. The van der Waals surface area contributed by atoms with Gasteiger partial charge < -0.3 is 10.1 Å². The molecule has 0 radical (unpaired) electrons. The average molecular weight is 278 g/mol. The Morgan fingerprint density at radius 2 is 2.05 bits per heavy atom. The van der Waals surface area contributed by atoms with Crippen LogP contribution in [-0.2, 0) is 17.9 Å². The SMILES string of the molecule is O=C(NCc1cncc(Cl)n1)OCc1ccccc1. The van der Waals surface area contributed by atoms with E-state index in [9.17, 15) is 4.79 Å². The summed E-state index contributed by atoms with van der Waals surface area (Å²) in [6.07, 6.45) is 2.45. The monoisotopic (exact) mass is 277 g/mol. The lowest BCUT2D eigenvalue weighted by Crippen LogP contribution is -2.24. The molecule has 0 saturated heterocycles. The zero-order valence-electron chi connectivity index (χ0n) is 10.0. The summed E-state index contributed by atoms with van der Waals surface area (Å²) in [6.45, 7) is 0.453. The van der Waals surface area contributed by atoms with Gasteiger partial charge in [-0.3, -0.25) is 4.98 Å². The highest BCUT2D eigenvalue weighted by molar-refractivity contribution is 6.29. The second-order valence-corrected chi connectivity index (χ2v) is 4.14. The van der Waals surface area contributed by atoms with Crippen molar-refractivity contribution in [1.82, 2.24) is 15.3 Å². The zero-order chi connectivity index (χ0) is 13.5. The van der Waals surface area contributed by atoms with Crippen molar-refractivity contribution in [2.45, 2.75) is 13.2 Å². The highest BCUT2D eigenvalue weighted by atomic mass is 35.5. The molecule has 1 N–H and O–H groups in total. The van der Waals surface area contributed by atoms with Crippen LogP contribution in [0.25, 0.3) is 0 Å². The van der Waals surface area contributed by atoms with Crippen LogP contribution in [0.5, 0.6) is 0 Å². The number of nitrogens with one attached hydrogen (secondary N) is 1. The van der Waals surface area contributed by atoms with Gasteiger partial charge in [0, 0.05) is 0 Å². The third-order valence-corrected chi connectivity index (χ3v) is 2.46. The molecule has 6 heteroatoms. The van der Waals surface area contributed by atoms with Gasteiger partial charge in [0.15, 0.2) is 0 Å². The fraction of sp³-hybridized carbons (Fsp3) is 0.154. The van der Waals surface area contributed by atoms with E-state index in [1.54, 1.807) is 0 Å². The molecule has 0 spiro atoms. The number of ether oxygens (including phenoxy) is 1. The summed E-state index contributed by atoms with van der Waals surface area (Å²) in [5.41, 5.74) is 1.50. The minimum atomic E-state index is -0.509. The molecule has 98 valence electrons. The van der Waals surface area contributed by atoms with Crippen LogP contribution in [0.15, 0.2) is 42.7 Å². The van der Waals surface area contributed by atoms with Gasteiger partial charge in [0.2, 0.25) is 0 Å². The molecule has 0 aliphatic rings. The predicted octanol–water partition coefficient (Wildman–Crippen LogP) is 2.56. The Morgan fingerprint density at radius 1 is 1.26 bits per heavy atom. The summed E-state index contributed by atoms with van der Waals surface area (Å²) in [7, 11) is 0. The Hall–Kier alpha value is -2.14. The summed E-state index contributed by atoms with van der Waals surface area (Å²) in [5, 5.41) is 2.86. The molecule has 0 bridgehead atoms. The predicted molar refractivity (Wildman–Crippen MR) is 70.5 cm³/mol. The molecule has 0 aliphatic carbocycles. The lowest BCUT2D eigenvalue weighted by molar-refractivity contribution is 0.139. The van der Waals surface area contributed by atoms with E-state index in [4.69, 9.17) is 16.3 Å². The zero-order valence-corrected chi connectivity index (χ0v) is 10.8. The molecule has 19 heavy (non-hydrogen) atoms. The van der Waals surface area contributed by atoms with Crippen molar-refractivity contribution in [3.8, 4) is 0 Å². The third-order valence-electron chi connectivity index (χ3n) is 2.28. The summed E-state index contributed by atoms with van der Waals surface area (Å²) in [6, 6.07) is 9.45. The number of carbonyl (C=O) groups excluding carboxylic acids is 1. The molecule has 2 rings (SSSR count). The first-order valence-corrected chi connectivity index (χ1v) is 6.03. The molecule has 0 saturated carbocycles. The number of hydrogen-bond donors (Lipinski definition) is 1. The van der Waals surface area contributed by atoms with E-state index in [0.29, 0.717) is 5.69 Å². The normalized spacial score (nSPS) is 9.95. The third kappa shape index (κ3) is 4.56. The van der Waals surface area contributed by atoms with Crippen LogP contribution in [0.2, 0.25) is 5.15 Å². The van der Waals surface area contributed by atoms with Gasteiger partial charge >= 0.3 is 6.09 Å². The fourth-order valence-corrected chi connectivity index (χ4v) is 1.57. The van der Waals surface area contributed by atoms with E-state index in [-0.39, 0.29) is 18.3 Å². The molecule has 1 aromatic heterocycles. The van der Waals surface area contributed by atoms with Gasteiger partial charge in [-0.15, -0.1) is 0 Å². The van der Waals surface area contributed by atoms with Gasteiger partial charge in [-0.25, -0.2) is 9.78 Å². The number of benzene rings is 1. The summed E-state index contributed by atoms with van der Waals surface area (Å²) in [4.78, 5) is 19.3. The van der Waals surface area contributed by atoms with Gasteiger partial charge in [0.25, 0.3) is 0 Å². The first-order valence-electron chi connectivity index (χ1n) is 5.65. The highest BCUT2D eigenvalue weighted by Gasteiger charge is 2.03. The van der Waals surface area contributed by atoms with Gasteiger partial charge in [-0.1, -0.05) is 41.9 Å². The largest absolute Gasteiger partial charge is 0.445 e. The van der Waals surface area contributed by atoms with Crippen molar-refractivity contribution in [2.75, 3.05) is 0 Å². The minimum Gasteiger partial charge on any atom is -0.445 e. The van der Waals surface area contributed by atoms with Crippen LogP contribution >= 0.6 is 11.6 Å². The molecule has 5 nitrogen and oxygen atoms in total. The number of halogens is 1. The van der Waals surface area contributed by atoms with Gasteiger partial charge in [-0.2, -0.15) is 0 Å². The van der Waals surface area contributed by atoms with Crippen LogP contribution in [0.4, 0.5) is 4.79 Å². The van der Waals surface area contributed by atoms with Crippen molar-refractivity contribution >= 4 is 17.7 Å². The molecule has 1 aromatic carbocycles. The van der Waals surface area contributed by atoms with E-state index in [1.165, 1.54) is 12.4 Å². The first kappa shape index (κ1) is 13.3. The Balaban J connectivity index is 1.76. The standard InChI is InChI=1S/C13H12ClN3O2/c14-12-8-15-6-11(17-12)7-16-13(18)19-9-10-4-2-1-3-5-10/h1-6,8H,7,9H2,(H,16,18). The van der Waals surface area contributed by atoms with Crippen LogP contribution in [0.1, 0.15) is 11.3 Å². The molecule has 0 atom stereocenters. The van der Waals surface area contributed by atoms with Crippen molar-refractivity contribution in [2.24, 2.45) is 0 Å². The second kappa shape index (κ2) is 6.70. The van der Waals surface area contributed by atoms with Crippen molar-refractivity contribution in [3.05, 3.63) is 59.1 Å². The minimum absolute atomic E-state index is 0.223. The van der Waals surface area contributed by atoms with E-state index in [2.05, 4.69) is 15.3 Å². The highest BCUT2D eigenvalue weighted by Crippen LogP contribution is 2.03. The number of rotatable bonds is 4. The van der Waals surface area contributed by atoms with Crippen molar-refractivity contribution in [1.29, 1.82) is 0 Å². The van der Waals surface area contributed by atoms with Crippen LogP contribution in [0, 0.1) is 0 Å².